The van der Waals surface area contributed by atoms with Crippen LogP contribution in [0.25, 0.3) is 0 Å². The quantitative estimate of drug-likeness (QED) is 0.592. The predicted octanol–water partition coefficient (Wildman–Crippen LogP) is 0.878. The maximum Gasteiger partial charge on any atom is 0.152 e. The van der Waals surface area contributed by atoms with E-state index in [4.69, 9.17) is 6.42 Å². The summed E-state index contributed by atoms with van der Waals surface area (Å²) in [5, 5.41) is 18.8. The molecule has 0 amide bonds. The predicted molar refractivity (Wildman–Crippen MR) is 43.3 cm³/mol. The fraction of sp³-hybridized carbons (Fsp3) is 0.778. The van der Waals surface area contributed by atoms with E-state index >= 15 is 0 Å². The second-order valence-corrected chi connectivity index (χ2v) is 2.72. The zero-order chi connectivity index (χ0) is 8.91. The molecule has 0 spiro atoms. The molecule has 11 heavy (non-hydrogen) atoms. The molecule has 0 aliphatic heterocycles. The van der Waals surface area contributed by atoms with E-state index in [9.17, 15) is 10.2 Å². The van der Waals surface area contributed by atoms with Gasteiger partial charge in [0.25, 0.3) is 0 Å². The zero-order valence-corrected chi connectivity index (χ0v) is 7.09. The fourth-order valence-electron chi connectivity index (χ4n) is 1.03. The van der Waals surface area contributed by atoms with Crippen molar-refractivity contribution in [1.29, 1.82) is 0 Å². The number of hydrogen-bond donors (Lipinski definition) is 2. The van der Waals surface area contributed by atoms with Crippen molar-refractivity contribution < 1.29 is 10.2 Å². The minimum Gasteiger partial charge on any atom is -0.389 e. The molecule has 63 valence electrons. The Labute approximate surface area is 68.2 Å². The Hall–Kier alpha value is -0.520. The summed E-state index contributed by atoms with van der Waals surface area (Å²) in [5.41, 5.74) is -1.43. The summed E-state index contributed by atoms with van der Waals surface area (Å²) >= 11 is 0. The van der Waals surface area contributed by atoms with Gasteiger partial charge in [-0.05, 0) is 19.3 Å². The molecule has 0 aromatic carbocycles. The van der Waals surface area contributed by atoms with Crippen molar-refractivity contribution in [3.8, 4) is 5.92 Å². The molecule has 2 unspecified atom stereocenters. The molecule has 0 aromatic rings. The van der Waals surface area contributed by atoms with E-state index in [1.165, 1.54) is 0 Å². The molecular formula is C9H15O2. The van der Waals surface area contributed by atoms with Crippen LogP contribution in [0.3, 0.4) is 0 Å². The first-order valence-corrected chi connectivity index (χ1v) is 3.95. The first-order chi connectivity index (χ1) is 5.10. The minimum absolute atomic E-state index is 0.394. The van der Waals surface area contributed by atoms with Crippen LogP contribution in [0.4, 0.5) is 0 Å². The van der Waals surface area contributed by atoms with Gasteiger partial charge in [0, 0.05) is 0 Å². The molecule has 2 atom stereocenters. The van der Waals surface area contributed by atoms with Gasteiger partial charge in [-0.25, -0.2) is 0 Å². The SMILES string of the molecule is [C]#CC(O)(CCC)C(O)CC. The number of aliphatic hydroxyl groups excluding tert-OH is 1. The van der Waals surface area contributed by atoms with Gasteiger partial charge in [-0.1, -0.05) is 26.2 Å². The van der Waals surface area contributed by atoms with Crippen LogP contribution in [0, 0.1) is 12.3 Å². The van der Waals surface area contributed by atoms with E-state index in [1.54, 1.807) is 6.92 Å². The Balaban J connectivity index is 4.22. The molecule has 0 bridgehead atoms. The summed E-state index contributed by atoms with van der Waals surface area (Å²) in [6.45, 7) is 3.66. The summed E-state index contributed by atoms with van der Waals surface area (Å²) < 4.78 is 0. The van der Waals surface area contributed by atoms with Crippen molar-refractivity contribution in [1.82, 2.24) is 0 Å². The summed E-state index contributed by atoms with van der Waals surface area (Å²) in [7, 11) is 0. The van der Waals surface area contributed by atoms with Crippen molar-refractivity contribution in [3.05, 3.63) is 6.42 Å². The van der Waals surface area contributed by atoms with Crippen LogP contribution in [-0.4, -0.2) is 21.9 Å². The fourth-order valence-corrected chi connectivity index (χ4v) is 1.03. The lowest BCUT2D eigenvalue weighted by molar-refractivity contribution is -0.0392. The lowest BCUT2D eigenvalue weighted by Gasteiger charge is -2.26. The van der Waals surface area contributed by atoms with Gasteiger partial charge in [0.1, 0.15) is 0 Å². The summed E-state index contributed by atoms with van der Waals surface area (Å²) in [4.78, 5) is 0. The minimum atomic E-state index is -1.43. The normalized spacial score (nSPS) is 18.5. The molecule has 2 nitrogen and oxygen atoms in total. The Morgan fingerprint density at radius 1 is 1.55 bits per heavy atom. The third kappa shape index (κ3) is 2.53. The lowest BCUT2D eigenvalue weighted by atomic mass is 9.91. The second-order valence-electron chi connectivity index (χ2n) is 2.72. The molecule has 1 radical (unpaired) electrons. The highest BCUT2D eigenvalue weighted by Crippen LogP contribution is 2.18. The lowest BCUT2D eigenvalue weighted by Crippen LogP contribution is -2.40. The molecule has 0 heterocycles. The van der Waals surface area contributed by atoms with Crippen molar-refractivity contribution in [2.75, 3.05) is 0 Å². The molecule has 0 saturated carbocycles. The van der Waals surface area contributed by atoms with E-state index in [0.29, 0.717) is 12.8 Å². The first-order valence-electron chi connectivity index (χ1n) is 3.95. The summed E-state index contributed by atoms with van der Waals surface area (Å²) in [5.74, 6) is 1.99. The number of rotatable bonds is 4. The van der Waals surface area contributed by atoms with Gasteiger partial charge >= 0.3 is 0 Å². The highest BCUT2D eigenvalue weighted by molar-refractivity contribution is 5.07. The van der Waals surface area contributed by atoms with Gasteiger partial charge in [0.15, 0.2) is 5.60 Å². The van der Waals surface area contributed by atoms with Crippen LogP contribution >= 0.6 is 0 Å². The van der Waals surface area contributed by atoms with Crippen LogP contribution in [0.5, 0.6) is 0 Å². The average Bonchev–Trinajstić information content (AvgIpc) is 2.03. The Kier molecular flexibility index (Phi) is 4.17. The molecule has 2 N–H and O–H groups in total. The van der Waals surface area contributed by atoms with Gasteiger partial charge in [0.05, 0.1) is 6.10 Å². The number of hydrogen-bond acceptors (Lipinski definition) is 2. The van der Waals surface area contributed by atoms with Gasteiger partial charge in [-0.15, -0.1) is 0 Å². The van der Waals surface area contributed by atoms with E-state index in [1.807, 2.05) is 12.8 Å². The van der Waals surface area contributed by atoms with Crippen LogP contribution in [0.1, 0.15) is 33.1 Å². The number of aliphatic hydroxyl groups is 2. The summed E-state index contributed by atoms with van der Waals surface area (Å²) in [6.07, 6.45) is 7.55. The Morgan fingerprint density at radius 2 is 2.09 bits per heavy atom. The molecule has 0 aliphatic carbocycles. The summed E-state index contributed by atoms with van der Waals surface area (Å²) in [6, 6.07) is 0. The Morgan fingerprint density at radius 3 is 2.36 bits per heavy atom. The molecule has 0 aromatic heterocycles. The van der Waals surface area contributed by atoms with Crippen LogP contribution < -0.4 is 0 Å². The highest BCUT2D eigenvalue weighted by Gasteiger charge is 2.30. The van der Waals surface area contributed by atoms with Crippen molar-refractivity contribution in [2.45, 2.75) is 44.8 Å². The molecule has 0 saturated heterocycles. The average molecular weight is 155 g/mol. The first kappa shape index (κ1) is 10.5. The van der Waals surface area contributed by atoms with E-state index in [2.05, 4.69) is 0 Å². The van der Waals surface area contributed by atoms with Crippen molar-refractivity contribution in [2.24, 2.45) is 0 Å². The highest BCUT2D eigenvalue weighted by atomic mass is 16.3. The maximum absolute atomic E-state index is 9.54. The van der Waals surface area contributed by atoms with Gasteiger partial charge in [-0.2, -0.15) is 0 Å². The smallest absolute Gasteiger partial charge is 0.152 e. The molecule has 0 rings (SSSR count). The molecule has 0 fully saturated rings. The Bertz CT molecular complexity index is 148. The third-order valence-electron chi connectivity index (χ3n) is 1.79. The van der Waals surface area contributed by atoms with E-state index in [-0.39, 0.29) is 0 Å². The van der Waals surface area contributed by atoms with Gasteiger partial charge < -0.3 is 10.2 Å². The topological polar surface area (TPSA) is 40.5 Å². The van der Waals surface area contributed by atoms with E-state index in [0.717, 1.165) is 6.42 Å². The van der Waals surface area contributed by atoms with Crippen LogP contribution in [-0.2, 0) is 0 Å². The molecule has 0 aliphatic rings. The van der Waals surface area contributed by atoms with Crippen molar-refractivity contribution in [3.63, 3.8) is 0 Å². The molecule has 2 heteroatoms. The standard InChI is InChI=1S/C9H15O2/c1-4-7-9(11,6-3)8(10)5-2/h8,10-11H,4-5,7H2,1-2H3. The van der Waals surface area contributed by atoms with Gasteiger partial charge in [-0.3, -0.25) is 0 Å². The maximum atomic E-state index is 9.54. The van der Waals surface area contributed by atoms with Crippen LogP contribution in [0.2, 0.25) is 0 Å². The second kappa shape index (κ2) is 4.38. The third-order valence-corrected chi connectivity index (χ3v) is 1.79. The monoisotopic (exact) mass is 155 g/mol. The molecular weight excluding hydrogens is 140 g/mol. The van der Waals surface area contributed by atoms with Crippen molar-refractivity contribution >= 4 is 0 Å². The van der Waals surface area contributed by atoms with Crippen LogP contribution in [0.15, 0.2) is 0 Å². The zero-order valence-electron chi connectivity index (χ0n) is 7.09. The van der Waals surface area contributed by atoms with E-state index < -0.39 is 11.7 Å². The largest absolute Gasteiger partial charge is 0.389 e. The van der Waals surface area contributed by atoms with Gasteiger partial charge in [0.2, 0.25) is 0 Å².